The van der Waals surface area contributed by atoms with Gasteiger partial charge in [-0.3, -0.25) is 19.7 Å². The largest absolute Gasteiger partial charge is 0.465 e. The Kier molecular flexibility index (Phi) is 5.83. The van der Waals surface area contributed by atoms with Crippen molar-refractivity contribution in [3.63, 3.8) is 0 Å². The SMILES string of the molecule is CCOC(=O)Cn1cc(/C=C2\C(=O)NC(=S)N(c3ccccc3F)C2=O)c2ccccc21. The minimum Gasteiger partial charge on any atom is -0.465 e. The second-order valence-corrected chi connectivity index (χ2v) is 7.33. The second-order valence-electron chi connectivity index (χ2n) is 6.94. The van der Waals surface area contributed by atoms with Gasteiger partial charge in [-0.2, -0.15) is 0 Å². The first-order valence-corrected chi connectivity index (χ1v) is 10.2. The van der Waals surface area contributed by atoms with Gasteiger partial charge in [0, 0.05) is 22.7 Å². The van der Waals surface area contributed by atoms with Crippen LogP contribution in [0.25, 0.3) is 17.0 Å². The lowest BCUT2D eigenvalue weighted by Gasteiger charge is -2.29. The van der Waals surface area contributed by atoms with Gasteiger partial charge < -0.3 is 9.30 Å². The molecule has 1 aliphatic rings. The molecule has 7 nitrogen and oxygen atoms in total. The zero-order chi connectivity index (χ0) is 22.8. The number of nitrogens with zero attached hydrogens (tertiary/aromatic N) is 2. The number of halogens is 1. The number of benzene rings is 2. The molecule has 0 saturated carbocycles. The third kappa shape index (κ3) is 3.90. The standard InChI is InChI=1S/C23H18FN3O4S/c1-2-31-20(28)13-26-12-14(15-7-3-5-9-18(15)26)11-16-21(29)25-23(32)27(22(16)30)19-10-6-4-8-17(19)24/h3-12H,2,13H2,1H3,(H,25,29,32)/b16-11+. The molecule has 0 spiro atoms. The predicted molar refractivity (Wildman–Crippen MR) is 121 cm³/mol. The maximum Gasteiger partial charge on any atom is 0.325 e. The van der Waals surface area contributed by atoms with Gasteiger partial charge in [-0.05, 0) is 43.4 Å². The molecule has 32 heavy (non-hydrogen) atoms. The molecule has 0 radical (unpaired) electrons. The Bertz CT molecular complexity index is 1300. The van der Waals surface area contributed by atoms with Gasteiger partial charge >= 0.3 is 5.97 Å². The molecule has 2 amide bonds. The van der Waals surface area contributed by atoms with Crippen LogP contribution in [0.5, 0.6) is 0 Å². The maximum atomic E-state index is 14.3. The molecule has 4 rings (SSSR count). The Morgan fingerprint density at radius 1 is 1.16 bits per heavy atom. The Labute approximate surface area is 188 Å². The lowest BCUT2D eigenvalue weighted by Crippen LogP contribution is -2.54. The van der Waals surface area contributed by atoms with Crippen molar-refractivity contribution in [2.24, 2.45) is 0 Å². The van der Waals surface area contributed by atoms with Gasteiger partial charge in [0.1, 0.15) is 17.9 Å². The van der Waals surface area contributed by atoms with Crippen LogP contribution in [0.1, 0.15) is 12.5 Å². The lowest BCUT2D eigenvalue weighted by molar-refractivity contribution is -0.143. The summed E-state index contributed by atoms with van der Waals surface area (Å²) >= 11 is 5.12. The van der Waals surface area contributed by atoms with Crippen LogP contribution in [-0.2, 0) is 25.7 Å². The van der Waals surface area contributed by atoms with Crippen molar-refractivity contribution in [2.75, 3.05) is 11.5 Å². The fourth-order valence-electron chi connectivity index (χ4n) is 3.53. The summed E-state index contributed by atoms with van der Waals surface area (Å²) in [6.45, 7) is 1.96. The van der Waals surface area contributed by atoms with Crippen molar-refractivity contribution in [2.45, 2.75) is 13.5 Å². The van der Waals surface area contributed by atoms with E-state index in [4.69, 9.17) is 17.0 Å². The van der Waals surface area contributed by atoms with Crippen molar-refractivity contribution >= 4 is 57.8 Å². The average molecular weight is 451 g/mol. The van der Waals surface area contributed by atoms with Crippen molar-refractivity contribution in [3.8, 4) is 0 Å². The van der Waals surface area contributed by atoms with Crippen LogP contribution < -0.4 is 10.2 Å². The van der Waals surface area contributed by atoms with E-state index >= 15 is 0 Å². The highest BCUT2D eigenvalue weighted by molar-refractivity contribution is 7.80. The summed E-state index contributed by atoms with van der Waals surface area (Å²) in [7, 11) is 0. The molecule has 1 aliphatic heterocycles. The third-order valence-corrected chi connectivity index (χ3v) is 5.20. The minimum absolute atomic E-state index is 0.0247. The summed E-state index contributed by atoms with van der Waals surface area (Å²) in [6.07, 6.45) is 3.08. The van der Waals surface area contributed by atoms with Gasteiger partial charge in [0.2, 0.25) is 0 Å². The zero-order valence-electron chi connectivity index (χ0n) is 17.0. The molecule has 3 aromatic rings. The number of anilines is 1. The smallest absolute Gasteiger partial charge is 0.325 e. The van der Waals surface area contributed by atoms with Crippen molar-refractivity contribution in [1.29, 1.82) is 0 Å². The number of amides is 2. The highest BCUT2D eigenvalue weighted by atomic mass is 32.1. The van der Waals surface area contributed by atoms with Crippen LogP contribution >= 0.6 is 12.2 Å². The molecule has 0 bridgehead atoms. The summed E-state index contributed by atoms with van der Waals surface area (Å²) in [4.78, 5) is 38.7. The second kappa shape index (κ2) is 8.72. The molecule has 162 valence electrons. The molecule has 1 fully saturated rings. The first-order chi connectivity index (χ1) is 15.4. The van der Waals surface area contributed by atoms with Gasteiger partial charge in [-0.1, -0.05) is 30.3 Å². The molecule has 2 heterocycles. The number of hydrogen-bond donors (Lipinski definition) is 1. The first kappa shape index (κ1) is 21.4. The first-order valence-electron chi connectivity index (χ1n) is 9.80. The Morgan fingerprint density at radius 2 is 1.88 bits per heavy atom. The Morgan fingerprint density at radius 3 is 2.62 bits per heavy atom. The summed E-state index contributed by atoms with van der Waals surface area (Å²) in [6, 6.07) is 12.9. The lowest BCUT2D eigenvalue weighted by atomic mass is 10.1. The van der Waals surface area contributed by atoms with Crippen LogP contribution in [-0.4, -0.2) is 34.1 Å². The number of carbonyl (C=O) groups excluding carboxylic acids is 3. The van der Waals surface area contributed by atoms with Crippen LogP contribution in [0.3, 0.4) is 0 Å². The topological polar surface area (TPSA) is 80.6 Å². The quantitative estimate of drug-likeness (QED) is 0.279. The molecule has 0 unspecified atom stereocenters. The number of nitrogens with one attached hydrogen (secondary N) is 1. The van der Waals surface area contributed by atoms with E-state index in [0.29, 0.717) is 5.56 Å². The minimum atomic E-state index is -0.744. The van der Waals surface area contributed by atoms with E-state index < -0.39 is 23.6 Å². The highest BCUT2D eigenvalue weighted by Crippen LogP contribution is 2.27. The maximum absolute atomic E-state index is 14.3. The molecule has 1 N–H and O–H groups in total. The van der Waals surface area contributed by atoms with Crippen LogP contribution in [0.15, 0.2) is 60.3 Å². The molecular formula is C23H18FN3O4S. The van der Waals surface area contributed by atoms with E-state index in [-0.39, 0.29) is 29.5 Å². The Balaban J connectivity index is 1.78. The van der Waals surface area contributed by atoms with Crippen molar-refractivity contribution in [3.05, 3.63) is 71.7 Å². The number of fused-ring (bicyclic) bond motifs is 1. The number of ether oxygens (including phenoxy) is 1. The summed E-state index contributed by atoms with van der Waals surface area (Å²) in [5.41, 5.74) is 1.02. The normalized spacial score (nSPS) is 15.4. The third-order valence-electron chi connectivity index (χ3n) is 4.92. The van der Waals surface area contributed by atoms with E-state index in [1.165, 1.54) is 24.3 Å². The fourth-order valence-corrected chi connectivity index (χ4v) is 3.81. The predicted octanol–water partition coefficient (Wildman–Crippen LogP) is 3.17. The van der Waals surface area contributed by atoms with Gasteiger partial charge in [-0.15, -0.1) is 0 Å². The van der Waals surface area contributed by atoms with Crippen molar-refractivity contribution in [1.82, 2.24) is 9.88 Å². The summed E-state index contributed by atoms with van der Waals surface area (Å²) in [5, 5.41) is 2.97. The molecule has 9 heteroatoms. The average Bonchev–Trinajstić information content (AvgIpc) is 3.10. The van der Waals surface area contributed by atoms with Gasteiger partial charge in [0.15, 0.2) is 5.11 Å². The van der Waals surface area contributed by atoms with E-state index in [0.717, 1.165) is 15.8 Å². The van der Waals surface area contributed by atoms with Gasteiger partial charge in [0.25, 0.3) is 11.8 Å². The molecule has 0 atom stereocenters. The number of thiocarbonyl (C=S) groups is 1. The van der Waals surface area contributed by atoms with Crippen LogP contribution in [0.2, 0.25) is 0 Å². The summed E-state index contributed by atoms with van der Waals surface area (Å²) < 4.78 is 21.0. The van der Waals surface area contributed by atoms with Gasteiger partial charge in [-0.25, -0.2) is 9.29 Å². The number of aromatic nitrogens is 1. The number of rotatable bonds is 5. The van der Waals surface area contributed by atoms with Crippen LogP contribution in [0, 0.1) is 5.82 Å². The van der Waals surface area contributed by atoms with E-state index in [1.54, 1.807) is 23.8 Å². The van der Waals surface area contributed by atoms with Crippen molar-refractivity contribution < 1.29 is 23.5 Å². The fraction of sp³-hybridized carbons (Fsp3) is 0.130. The monoisotopic (exact) mass is 451 g/mol. The molecule has 2 aromatic carbocycles. The Hall–Kier alpha value is -3.85. The molecule has 1 saturated heterocycles. The molecular weight excluding hydrogens is 433 g/mol. The van der Waals surface area contributed by atoms with E-state index in [2.05, 4.69) is 5.32 Å². The highest BCUT2D eigenvalue weighted by Gasteiger charge is 2.35. The van der Waals surface area contributed by atoms with Gasteiger partial charge in [0.05, 0.1) is 12.3 Å². The summed E-state index contributed by atoms with van der Waals surface area (Å²) in [5.74, 6) is -2.49. The molecule has 1 aromatic heterocycles. The molecule has 0 aliphatic carbocycles. The number of carbonyl (C=O) groups is 3. The van der Waals surface area contributed by atoms with E-state index in [1.807, 2.05) is 24.3 Å². The number of esters is 1. The van der Waals surface area contributed by atoms with E-state index in [9.17, 15) is 18.8 Å². The number of hydrogen-bond acceptors (Lipinski definition) is 5. The number of para-hydroxylation sites is 2. The van der Waals surface area contributed by atoms with Crippen LogP contribution in [0.4, 0.5) is 10.1 Å². The zero-order valence-corrected chi connectivity index (χ0v) is 17.8.